The molecule has 0 heterocycles. The first-order valence-corrected chi connectivity index (χ1v) is 4.03. The summed E-state index contributed by atoms with van der Waals surface area (Å²) < 4.78 is 0. The van der Waals surface area contributed by atoms with Crippen LogP contribution in [0, 0.1) is 5.92 Å². The lowest BCUT2D eigenvalue weighted by Crippen LogP contribution is -1.95. The number of allylic oxidation sites excluding steroid dienone is 1. The highest BCUT2D eigenvalue weighted by atomic mass is 16.3. The molecule has 0 aliphatic heterocycles. The Labute approximate surface area is 63.8 Å². The largest absolute Gasteiger partial charge is 0.389 e. The van der Waals surface area contributed by atoms with Crippen LogP contribution in [-0.4, -0.2) is 11.2 Å². The van der Waals surface area contributed by atoms with Crippen molar-refractivity contribution in [2.75, 3.05) is 0 Å². The molecule has 0 radical (unpaired) electrons. The summed E-state index contributed by atoms with van der Waals surface area (Å²) >= 11 is 0. The van der Waals surface area contributed by atoms with E-state index >= 15 is 0 Å². The van der Waals surface area contributed by atoms with E-state index in [1.165, 1.54) is 12.8 Å². The Hall–Kier alpha value is -0.300. The second kappa shape index (κ2) is 5.48. The number of hydrogen-bond donors (Lipinski definition) is 1. The minimum atomic E-state index is -0.292. The van der Waals surface area contributed by atoms with Crippen molar-refractivity contribution in [3.05, 3.63) is 12.2 Å². The maximum atomic E-state index is 8.88. The summed E-state index contributed by atoms with van der Waals surface area (Å²) in [5.74, 6) is 0.611. The summed E-state index contributed by atoms with van der Waals surface area (Å²) in [7, 11) is 0. The fourth-order valence-electron chi connectivity index (χ4n) is 0.902. The molecule has 0 saturated carbocycles. The average Bonchev–Trinajstić information content (AvgIpc) is 1.85. The molecule has 0 saturated heterocycles. The smallest absolute Gasteiger partial charge is 0.0692 e. The first kappa shape index (κ1) is 9.70. The highest BCUT2D eigenvalue weighted by Gasteiger charge is 1.94. The van der Waals surface area contributed by atoms with Gasteiger partial charge in [-0.05, 0) is 19.3 Å². The molecule has 0 aromatic rings. The molecular weight excluding hydrogens is 124 g/mol. The Morgan fingerprint density at radius 1 is 1.30 bits per heavy atom. The third-order valence-electron chi connectivity index (χ3n) is 1.46. The van der Waals surface area contributed by atoms with Gasteiger partial charge in [0.25, 0.3) is 0 Å². The summed E-state index contributed by atoms with van der Waals surface area (Å²) in [5, 5.41) is 8.88. The van der Waals surface area contributed by atoms with Crippen LogP contribution in [0.25, 0.3) is 0 Å². The zero-order valence-electron chi connectivity index (χ0n) is 7.17. The molecule has 1 heteroatoms. The van der Waals surface area contributed by atoms with E-state index in [9.17, 15) is 0 Å². The molecule has 0 bridgehead atoms. The van der Waals surface area contributed by atoms with Crippen LogP contribution in [0.15, 0.2) is 12.2 Å². The molecule has 0 spiro atoms. The monoisotopic (exact) mass is 142 g/mol. The SMILES string of the molecule is CCCC(C)/C=C/C(C)O. The predicted molar refractivity (Wildman–Crippen MR) is 44.9 cm³/mol. The van der Waals surface area contributed by atoms with Gasteiger partial charge in [0.1, 0.15) is 0 Å². The van der Waals surface area contributed by atoms with Crippen molar-refractivity contribution in [1.29, 1.82) is 0 Å². The molecule has 1 N–H and O–H groups in total. The third kappa shape index (κ3) is 5.83. The zero-order chi connectivity index (χ0) is 7.98. The average molecular weight is 142 g/mol. The molecule has 2 atom stereocenters. The van der Waals surface area contributed by atoms with Crippen LogP contribution in [0.1, 0.15) is 33.6 Å². The molecule has 0 aliphatic carbocycles. The van der Waals surface area contributed by atoms with Crippen LogP contribution in [0.3, 0.4) is 0 Å². The second-order valence-corrected chi connectivity index (χ2v) is 2.89. The molecule has 0 fully saturated rings. The fourth-order valence-corrected chi connectivity index (χ4v) is 0.902. The predicted octanol–water partition coefficient (Wildman–Crippen LogP) is 2.36. The van der Waals surface area contributed by atoms with E-state index in [-0.39, 0.29) is 6.10 Å². The lowest BCUT2D eigenvalue weighted by molar-refractivity contribution is 0.243. The van der Waals surface area contributed by atoms with E-state index in [2.05, 4.69) is 19.9 Å². The number of hydrogen-bond acceptors (Lipinski definition) is 1. The van der Waals surface area contributed by atoms with Crippen molar-refractivity contribution in [3.8, 4) is 0 Å². The summed E-state index contributed by atoms with van der Waals surface area (Å²) in [4.78, 5) is 0. The molecular formula is C9H18O. The Balaban J connectivity index is 3.45. The van der Waals surface area contributed by atoms with Crippen LogP contribution in [0.2, 0.25) is 0 Å². The van der Waals surface area contributed by atoms with Crippen LogP contribution in [0.5, 0.6) is 0 Å². The number of rotatable bonds is 4. The van der Waals surface area contributed by atoms with Crippen molar-refractivity contribution >= 4 is 0 Å². The van der Waals surface area contributed by atoms with Gasteiger partial charge in [0.2, 0.25) is 0 Å². The highest BCUT2D eigenvalue weighted by molar-refractivity contribution is 4.89. The van der Waals surface area contributed by atoms with Gasteiger partial charge < -0.3 is 5.11 Å². The van der Waals surface area contributed by atoms with E-state index in [0.717, 1.165) is 0 Å². The summed E-state index contributed by atoms with van der Waals surface area (Å²) in [6, 6.07) is 0. The lowest BCUT2D eigenvalue weighted by Gasteiger charge is -2.02. The highest BCUT2D eigenvalue weighted by Crippen LogP contribution is 2.06. The van der Waals surface area contributed by atoms with E-state index in [0.29, 0.717) is 5.92 Å². The van der Waals surface area contributed by atoms with Crippen molar-refractivity contribution < 1.29 is 5.11 Å². The quantitative estimate of drug-likeness (QED) is 0.597. The topological polar surface area (TPSA) is 20.2 Å². The summed E-state index contributed by atoms with van der Waals surface area (Å²) in [6.45, 7) is 6.12. The lowest BCUT2D eigenvalue weighted by atomic mass is 10.1. The van der Waals surface area contributed by atoms with Gasteiger partial charge in [0.05, 0.1) is 6.10 Å². The van der Waals surface area contributed by atoms with Gasteiger partial charge in [-0.15, -0.1) is 0 Å². The van der Waals surface area contributed by atoms with E-state index < -0.39 is 0 Å². The normalized spacial score (nSPS) is 17.6. The van der Waals surface area contributed by atoms with E-state index in [1.54, 1.807) is 6.92 Å². The van der Waals surface area contributed by atoms with Crippen LogP contribution in [-0.2, 0) is 0 Å². The van der Waals surface area contributed by atoms with Gasteiger partial charge >= 0.3 is 0 Å². The Kier molecular flexibility index (Phi) is 5.32. The standard InChI is InChI=1S/C9H18O/c1-4-5-8(2)6-7-9(3)10/h6-10H,4-5H2,1-3H3/b7-6+. The molecule has 60 valence electrons. The third-order valence-corrected chi connectivity index (χ3v) is 1.46. The van der Waals surface area contributed by atoms with Crippen molar-refractivity contribution in [2.45, 2.75) is 39.7 Å². The Bertz CT molecular complexity index is 94.9. The maximum Gasteiger partial charge on any atom is 0.0692 e. The van der Waals surface area contributed by atoms with Gasteiger partial charge in [0.15, 0.2) is 0 Å². The van der Waals surface area contributed by atoms with Crippen molar-refractivity contribution in [1.82, 2.24) is 0 Å². The van der Waals surface area contributed by atoms with Crippen LogP contribution in [0.4, 0.5) is 0 Å². The first-order valence-electron chi connectivity index (χ1n) is 4.03. The molecule has 0 aromatic heterocycles. The van der Waals surface area contributed by atoms with E-state index in [4.69, 9.17) is 5.11 Å². The molecule has 0 rings (SSSR count). The molecule has 0 aromatic carbocycles. The van der Waals surface area contributed by atoms with Crippen molar-refractivity contribution in [3.63, 3.8) is 0 Å². The second-order valence-electron chi connectivity index (χ2n) is 2.89. The maximum absolute atomic E-state index is 8.88. The van der Waals surface area contributed by atoms with Gasteiger partial charge in [-0.2, -0.15) is 0 Å². The van der Waals surface area contributed by atoms with Gasteiger partial charge in [-0.3, -0.25) is 0 Å². The van der Waals surface area contributed by atoms with Gasteiger partial charge in [-0.1, -0.05) is 32.4 Å². The van der Waals surface area contributed by atoms with Gasteiger partial charge in [0, 0.05) is 0 Å². The Morgan fingerprint density at radius 2 is 1.90 bits per heavy atom. The van der Waals surface area contributed by atoms with Crippen LogP contribution < -0.4 is 0 Å². The molecule has 0 aliphatic rings. The minimum absolute atomic E-state index is 0.292. The molecule has 0 amide bonds. The fraction of sp³-hybridized carbons (Fsp3) is 0.778. The zero-order valence-corrected chi connectivity index (χ0v) is 7.17. The number of aliphatic hydroxyl groups excluding tert-OH is 1. The number of aliphatic hydroxyl groups is 1. The van der Waals surface area contributed by atoms with Gasteiger partial charge in [-0.25, -0.2) is 0 Å². The molecule has 10 heavy (non-hydrogen) atoms. The van der Waals surface area contributed by atoms with Crippen LogP contribution >= 0.6 is 0 Å². The first-order chi connectivity index (χ1) is 4.66. The Morgan fingerprint density at radius 3 is 2.30 bits per heavy atom. The summed E-state index contributed by atoms with van der Waals surface area (Å²) in [5.41, 5.74) is 0. The molecule has 1 nitrogen and oxygen atoms in total. The molecule has 2 unspecified atom stereocenters. The van der Waals surface area contributed by atoms with E-state index in [1.807, 2.05) is 6.08 Å². The minimum Gasteiger partial charge on any atom is -0.389 e. The summed E-state index contributed by atoms with van der Waals surface area (Å²) in [6.07, 6.45) is 6.06. The van der Waals surface area contributed by atoms with Crippen molar-refractivity contribution in [2.24, 2.45) is 5.92 Å².